The zero-order chi connectivity index (χ0) is 18.9. The highest BCUT2D eigenvalue weighted by Gasteiger charge is 2.40. The first-order chi connectivity index (χ1) is 12.2. The Kier molecular flexibility index (Phi) is 5.14. The van der Waals surface area contributed by atoms with Gasteiger partial charge in [0.15, 0.2) is 5.15 Å². The van der Waals surface area contributed by atoms with E-state index in [2.05, 4.69) is 15.2 Å². The van der Waals surface area contributed by atoms with Gasteiger partial charge in [-0.2, -0.15) is 0 Å². The maximum absolute atomic E-state index is 12.1. The lowest BCUT2D eigenvalue weighted by Crippen LogP contribution is -2.54. The summed E-state index contributed by atoms with van der Waals surface area (Å²) in [6.07, 6.45) is 3.71. The van der Waals surface area contributed by atoms with Gasteiger partial charge in [0.1, 0.15) is 5.60 Å². The van der Waals surface area contributed by atoms with Crippen LogP contribution in [0.2, 0.25) is 5.15 Å². The number of aliphatic hydroxyl groups excluding tert-OH is 1. The summed E-state index contributed by atoms with van der Waals surface area (Å²) < 4.78 is 7.34. The van der Waals surface area contributed by atoms with E-state index < -0.39 is 17.2 Å². The van der Waals surface area contributed by atoms with Crippen LogP contribution in [0.3, 0.4) is 0 Å². The number of nitrogens with zero attached hydrogens (tertiary/aromatic N) is 3. The second-order valence-electron chi connectivity index (χ2n) is 7.82. The molecule has 0 bridgehead atoms. The zero-order valence-corrected chi connectivity index (χ0v) is 16.1. The lowest BCUT2D eigenvalue weighted by molar-refractivity contribution is 0.0404. The second kappa shape index (κ2) is 7.06. The Morgan fingerprint density at radius 1 is 1.46 bits per heavy atom. The van der Waals surface area contributed by atoms with E-state index in [1.165, 1.54) is 0 Å². The topological polar surface area (TPSA) is 79.1 Å². The van der Waals surface area contributed by atoms with E-state index in [-0.39, 0.29) is 6.61 Å². The van der Waals surface area contributed by atoms with Crippen molar-refractivity contribution in [2.24, 2.45) is 0 Å². The summed E-state index contributed by atoms with van der Waals surface area (Å²) in [5, 5.41) is 13.2. The van der Waals surface area contributed by atoms with Gasteiger partial charge in [-0.15, -0.1) is 0 Å². The number of carbonyl (C=O) groups is 1. The molecule has 2 aromatic rings. The summed E-state index contributed by atoms with van der Waals surface area (Å²) in [5.74, 6) is 0. The number of hydrogen-bond acceptors (Lipinski definition) is 5. The fraction of sp³-hybridized carbons (Fsp3) is 0.556. The highest BCUT2D eigenvalue weighted by Crippen LogP contribution is 2.25. The van der Waals surface area contributed by atoms with Gasteiger partial charge in [0.05, 0.1) is 17.7 Å². The first-order valence-corrected chi connectivity index (χ1v) is 9.04. The molecule has 7 nitrogen and oxygen atoms in total. The molecule has 2 aromatic heterocycles. The minimum absolute atomic E-state index is 0.132. The Morgan fingerprint density at radius 2 is 2.23 bits per heavy atom. The molecule has 0 aliphatic carbocycles. The molecule has 2 N–H and O–H groups in total. The SMILES string of the molecule is CC(C)(C)OC(=O)NC1(CO)CCN(Cc2ccc3c(Cl)nccn23)C1. The van der Waals surface area contributed by atoms with E-state index in [1.54, 1.807) is 6.20 Å². The first kappa shape index (κ1) is 18.9. The van der Waals surface area contributed by atoms with Gasteiger partial charge in [-0.05, 0) is 39.3 Å². The van der Waals surface area contributed by atoms with E-state index >= 15 is 0 Å². The molecule has 0 saturated carbocycles. The number of rotatable bonds is 4. The third-order valence-electron chi connectivity index (χ3n) is 4.50. The Morgan fingerprint density at radius 3 is 2.92 bits per heavy atom. The number of fused-ring (bicyclic) bond motifs is 1. The maximum atomic E-state index is 12.1. The van der Waals surface area contributed by atoms with Crippen molar-refractivity contribution in [3.8, 4) is 0 Å². The molecule has 1 fully saturated rings. The summed E-state index contributed by atoms with van der Waals surface area (Å²) >= 11 is 6.12. The number of aliphatic hydroxyl groups is 1. The third-order valence-corrected chi connectivity index (χ3v) is 4.80. The monoisotopic (exact) mass is 380 g/mol. The van der Waals surface area contributed by atoms with Gasteiger partial charge in [-0.3, -0.25) is 4.90 Å². The largest absolute Gasteiger partial charge is 0.444 e. The number of likely N-dealkylation sites (tertiary alicyclic amines) is 1. The number of halogens is 1. The van der Waals surface area contributed by atoms with Crippen LogP contribution >= 0.6 is 11.6 Å². The second-order valence-corrected chi connectivity index (χ2v) is 8.18. The van der Waals surface area contributed by atoms with Gasteiger partial charge in [0.2, 0.25) is 0 Å². The van der Waals surface area contributed by atoms with Crippen molar-refractivity contribution < 1.29 is 14.6 Å². The molecule has 142 valence electrons. The van der Waals surface area contributed by atoms with Gasteiger partial charge < -0.3 is 19.6 Å². The lowest BCUT2D eigenvalue weighted by atomic mass is 10.0. The molecule has 1 aliphatic rings. The molecule has 1 aliphatic heterocycles. The predicted octanol–water partition coefficient (Wildman–Crippen LogP) is 2.45. The minimum atomic E-state index is -0.686. The lowest BCUT2D eigenvalue weighted by Gasteiger charge is -2.30. The molecule has 0 spiro atoms. The van der Waals surface area contributed by atoms with Crippen LogP contribution in [0.4, 0.5) is 4.79 Å². The van der Waals surface area contributed by atoms with Crippen LogP contribution in [-0.4, -0.2) is 56.3 Å². The highest BCUT2D eigenvalue weighted by atomic mass is 35.5. The molecule has 3 rings (SSSR count). The Balaban J connectivity index is 1.68. The molecule has 1 atom stereocenters. The molecule has 0 aromatic carbocycles. The van der Waals surface area contributed by atoms with E-state index in [1.807, 2.05) is 43.5 Å². The van der Waals surface area contributed by atoms with Gasteiger partial charge >= 0.3 is 6.09 Å². The van der Waals surface area contributed by atoms with Gasteiger partial charge in [0, 0.05) is 37.7 Å². The minimum Gasteiger partial charge on any atom is -0.444 e. The van der Waals surface area contributed by atoms with Crippen LogP contribution < -0.4 is 5.32 Å². The average Bonchev–Trinajstić information content (AvgIpc) is 3.12. The summed E-state index contributed by atoms with van der Waals surface area (Å²) in [6, 6.07) is 3.96. The smallest absolute Gasteiger partial charge is 0.408 e. The van der Waals surface area contributed by atoms with E-state index in [0.29, 0.717) is 24.7 Å². The summed E-state index contributed by atoms with van der Waals surface area (Å²) in [5.41, 5.74) is 0.685. The van der Waals surface area contributed by atoms with E-state index in [4.69, 9.17) is 16.3 Å². The Bertz CT molecular complexity index is 801. The van der Waals surface area contributed by atoms with Crippen LogP contribution in [-0.2, 0) is 11.3 Å². The summed E-state index contributed by atoms with van der Waals surface area (Å²) in [4.78, 5) is 18.4. The number of ether oxygens (including phenoxy) is 1. The summed E-state index contributed by atoms with van der Waals surface area (Å²) in [7, 11) is 0. The molecular formula is C18H25ClN4O3. The first-order valence-electron chi connectivity index (χ1n) is 8.66. The Labute approximate surface area is 157 Å². The fourth-order valence-electron chi connectivity index (χ4n) is 3.31. The number of hydrogen-bond donors (Lipinski definition) is 2. The number of aromatic nitrogens is 2. The van der Waals surface area contributed by atoms with Crippen molar-refractivity contribution in [1.29, 1.82) is 0 Å². The number of amides is 1. The molecule has 8 heteroatoms. The zero-order valence-electron chi connectivity index (χ0n) is 15.3. The van der Waals surface area contributed by atoms with Crippen molar-refractivity contribution in [2.75, 3.05) is 19.7 Å². The molecule has 1 saturated heterocycles. The van der Waals surface area contributed by atoms with Crippen LogP contribution in [0, 0.1) is 0 Å². The number of alkyl carbamates (subject to hydrolysis) is 1. The average molecular weight is 381 g/mol. The van der Waals surface area contributed by atoms with Crippen molar-refractivity contribution in [2.45, 2.75) is 44.9 Å². The van der Waals surface area contributed by atoms with Crippen LogP contribution in [0.1, 0.15) is 32.9 Å². The molecule has 26 heavy (non-hydrogen) atoms. The van der Waals surface area contributed by atoms with E-state index in [0.717, 1.165) is 17.8 Å². The van der Waals surface area contributed by atoms with Crippen molar-refractivity contribution in [3.63, 3.8) is 0 Å². The van der Waals surface area contributed by atoms with Gasteiger partial charge in [-0.25, -0.2) is 9.78 Å². The van der Waals surface area contributed by atoms with Crippen LogP contribution in [0.5, 0.6) is 0 Å². The van der Waals surface area contributed by atoms with Gasteiger partial charge in [0.25, 0.3) is 0 Å². The molecule has 1 amide bonds. The quantitative estimate of drug-likeness (QED) is 0.851. The van der Waals surface area contributed by atoms with Crippen molar-refractivity contribution in [3.05, 3.63) is 35.4 Å². The van der Waals surface area contributed by atoms with Crippen molar-refractivity contribution >= 4 is 23.2 Å². The van der Waals surface area contributed by atoms with Gasteiger partial charge in [-0.1, -0.05) is 11.6 Å². The maximum Gasteiger partial charge on any atom is 0.408 e. The fourth-order valence-corrected chi connectivity index (χ4v) is 3.52. The molecular weight excluding hydrogens is 356 g/mol. The van der Waals surface area contributed by atoms with E-state index in [9.17, 15) is 9.90 Å². The third kappa shape index (κ3) is 4.11. The van der Waals surface area contributed by atoms with Crippen molar-refractivity contribution in [1.82, 2.24) is 19.6 Å². The predicted molar refractivity (Wildman–Crippen MR) is 99.3 cm³/mol. The summed E-state index contributed by atoms with van der Waals surface area (Å²) in [6.45, 7) is 7.32. The standard InChI is InChI=1S/C18H25ClN4O3/c1-17(2,3)26-16(25)21-18(12-24)6-8-22(11-18)10-13-4-5-14-15(19)20-7-9-23(13)14/h4-5,7,9,24H,6,8,10-12H2,1-3H3,(H,21,25). The van der Waals surface area contributed by atoms with Crippen LogP contribution in [0.25, 0.3) is 5.52 Å². The normalized spacial score (nSPS) is 21.3. The van der Waals surface area contributed by atoms with Crippen LogP contribution in [0.15, 0.2) is 24.5 Å². The molecule has 1 unspecified atom stereocenters. The molecule has 3 heterocycles. The number of nitrogens with one attached hydrogen (secondary N) is 1. The highest BCUT2D eigenvalue weighted by molar-refractivity contribution is 6.32. The number of carbonyl (C=O) groups excluding carboxylic acids is 1. The molecule has 0 radical (unpaired) electrons. The Hall–Kier alpha value is -1.83.